The lowest BCUT2D eigenvalue weighted by molar-refractivity contribution is 0.282. The molecule has 1 heterocycles. The first-order valence-corrected chi connectivity index (χ1v) is 9.14. The first-order valence-electron chi connectivity index (χ1n) is 7.59. The Morgan fingerprint density at radius 3 is 2.77 bits per heavy atom. The van der Waals surface area contributed by atoms with Crippen molar-refractivity contribution in [2.45, 2.75) is 13.2 Å². The molecule has 0 unspecified atom stereocenters. The topological polar surface area (TPSA) is 72.1 Å². The summed E-state index contributed by atoms with van der Waals surface area (Å²) < 4.78 is 12.2. The molecule has 6 nitrogen and oxygen atoms in total. The highest BCUT2D eigenvalue weighted by molar-refractivity contribution is 9.10. The zero-order valence-electron chi connectivity index (χ0n) is 13.7. The third-order valence-corrected chi connectivity index (χ3v) is 4.73. The van der Waals surface area contributed by atoms with Gasteiger partial charge in [-0.25, -0.2) is 10.1 Å². The zero-order valence-corrected chi connectivity index (χ0v) is 16.8. The highest BCUT2D eigenvalue weighted by Gasteiger charge is 2.13. The molecule has 26 heavy (non-hydrogen) atoms. The first-order chi connectivity index (χ1) is 12.6. The molecule has 0 fully saturated rings. The Kier molecular flexibility index (Phi) is 6.24. The van der Waals surface area contributed by atoms with Gasteiger partial charge in [-0.05, 0) is 45.8 Å². The molecule has 0 saturated heterocycles. The number of nitrogens with one attached hydrogen (secondary N) is 2. The number of methoxy groups -OCH3 is 1. The van der Waals surface area contributed by atoms with Crippen molar-refractivity contribution in [3.8, 4) is 11.5 Å². The molecule has 9 heteroatoms. The highest BCUT2D eigenvalue weighted by atomic mass is 79.9. The van der Waals surface area contributed by atoms with Crippen LogP contribution in [0.25, 0.3) is 0 Å². The normalized spacial score (nSPS) is 10.6. The molecule has 2 N–H and O–H groups in total. The van der Waals surface area contributed by atoms with Crippen LogP contribution in [0.1, 0.15) is 11.1 Å². The van der Waals surface area contributed by atoms with Gasteiger partial charge in [-0.15, -0.1) is 0 Å². The molecular formula is C17H15BrCl2N4O2. The Morgan fingerprint density at radius 2 is 2.08 bits per heavy atom. The number of nitrogens with zero attached hydrogens (tertiary/aromatic N) is 2. The third kappa shape index (κ3) is 4.60. The number of aromatic amines is 1. The summed E-state index contributed by atoms with van der Waals surface area (Å²) in [7, 11) is 1.59. The Hall–Kier alpha value is -1.96. The van der Waals surface area contributed by atoms with Crippen LogP contribution in [0.3, 0.4) is 0 Å². The fraction of sp³-hybridized carbons (Fsp3) is 0.176. The second-order valence-electron chi connectivity index (χ2n) is 5.32. The van der Waals surface area contributed by atoms with Gasteiger partial charge >= 0.3 is 0 Å². The van der Waals surface area contributed by atoms with Crippen LogP contribution in [0.4, 0.5) is 5.95 Å². The summed E-state index contributed by atoms with van der Waals surface area (Å²) in [6.45, 7) is 0.841. The molecule has 0 aliphatic carbocycles. The molecule has 0 spiro atoms. The Bertz CT molecular complexity index is 891. The van der Waals surface area contributed by atoms with E-state index in [0.717, 1.165) is 15.6 Å². The lowest BCUT2D eigenvalue weighted by Crippen LogP contribution is -2.04. The van der Waals surface area contributed by atoms with Crippen LogP contribution in [0, 0.1) is 0 Å². The summed E-state index contributed by atoms with van der Waals surface area (Å²) in [5.41, 5.74) is 1.82. The summed E-state index contributed by atoms with van der Waals surface area (Å²) in [6.07, 6.45) is 1.44. The van der Waals surface area contributed by atoms with Crippen molar-refractivity contribution in [1.29, 1.82) is 0 Å². The monoisotopic (exact) mass is 456 g/mol. The van der Waals surface area contributed by atoms with Crippen molar-refractivity contribution in [3.63, 3.8) is 0 Å². The van der Waals surface area contributed by atoms with Gasteiger partial charge in [0.1, 0.15) is 12.9 Å². The molecule has 0 radical (unpaired) electrons. The number of ether oxygens (including phenoxy) is 2. The minimum atomic E-state index is 0.292. The molecular weight excluding hydrogens is 443 g/mol. The lowest BCUT2D eigenvalue weighted by atomic mass is 10.2. The van der Waals surface area contributed by atoms with Gasteiger partial charge in [0, 0.05) is 22.2 Å². The quantitative estimate of drug-likeness (QED) is 0.517. The fourth-order valence-electron chi connectivity index (χ4n) is 2.28. The van der Waals surface area contributed by atoms with Crippen molar-refractivity contribution < 1.29 is 9.47 Å². The second-order valence-corrected chi connectivity index (χ2v) is 7.02. The van der Waals surface area contributed by atoms with Crippen molar-refractivity contribution >= 4 is 45.1 Å². The van der Waals surface area contributed by atoms with Crippen molar-refractivity contribution in [1.82, 2.24) is 15.2 Å². The molecule has 0 aliphatic rings. The smallest absolute Gasteiger partial charge is 0.218 e. The lowest BCUT2D eigenvalue weighted by Gasteiger charge is -2.15. The minimum absolute atomic E-state index is 0.292. The van der Waals surface area contributed by atoms with E-state index in [1.807, 2.05) is 18.2 Å². The zero-order chi connectivity index (χ0) is 18.5. The van der Waals surface area contributed by atoms with Gasteiger partial charge in [-0.1, -0.05) is 29.3 Å². The average Bonchev–Trinajstić information content (AvgIpc) is 3.13. The van der Waals surface area contributed by atoms with Crippen LogP contribution in [0.15, 0.2) is 41.1 Å². The Balaban J connectivity index is 1.74. The summed E-state index contributed by atoms with van der Waals surface area (Å²) in [5, 5.41) is 10.8. The van der Waals surface area contributed by atoms with Gasteiger partial charge in [0.15, 0.2) is 11.5 Å². The number of hydrogen-bond donors (Lipinski definition) is 2. The molecule has 0 amide bonds. The minimum Gasteiger partial charge on any atom is -0.493 e. The summed E-state index contributed by atoms with van der Waals surface area (Å²) >= 11 is 15.7. The molecule has 3 aromatic rings. The van der Waals surface area contributed by atoms with Crippen LogP contribution in [0.2, 0.25) is 10.0 Å². The maximum absolute atomic E-state index is 6.19. The summed E-state index contributed by atoms with van der Waals surface area (Å²) in [4.78, 5) is 4.02. The molecule has 1 aromatic heterocycles. The maximum atomic E-state index is 6.19. The van der Waals surface area contributed by atoms with E-state index in [1.54, 1.807) is 19.2 Å². The fourth-order valence-corrected chi connectivity index (χ4v) is 3.35. The van der Waals surface area contributed by atoms with E-state index >= 15 is 0 Å². The number of hydrogen-bond acceptors (Lipinski definition) is 5. The van der Waals surface area contributed by atoms with Gasteiger partial charge < -0.3 is 14.8 Å². The van der Waals surface area contributed by atoms with Crippen molar-refractivity contribution in [3.05, 3.63) is 62.3 Å². The molecule has 0 atom stereocenters. The summed E-state index contributed by atoms with van der Waals surface area (Å²) in [6, 6.07) is 9.14. The van der Waals surface area contributed by atoms with Crippen LogP contribution >= 0.6 is 39.1 Å². The predicted molar refractivity (Wildman–Crippen MR) is 105 cm³/mol. The number of benzene rings is 2. The predicted octanol–water partition coefficient (Wildman–Crippen LogP) is 5.07. The number of anilines is 1. The van der Waals surface area contributed by atoms with Gasteiger partial charge in [0.2, 0.25) is 5.95 Å². The van der Waals surface area contributed by atoms with E-state index in [2.05, 4.69) is 36.4 Å². The Labute approximate surface area is 169 Å². The van der Waals surface area contributed by atoms with Crippen molar-refractivity contribution in [2.24, 2.45) is 0 Å². The number of rotatable bonds is 7. The first kappa shape index (κ1) is 18.8. The molecule has 136 valence electrons. The van der Waals surface area contributed by atoms with Crippen LogP contribution in [-0.2, 0) is 13.2 Å². The van der Waals surface area contributed by atoms with E-state index in [4.69, 9.17) is 32.7 Å². The standard InChI is InChI=1S/C17H15BrCl2N4O2/c1-25-15-5-10(7-21-17-22-9-23-24-17)4-13(18)16(15)26-8-11-2-3-12(19)6-14(11)20/h2-6,9H,7-8H2,1H3,(H2,21,22,23,24). The van der Waals surface area contributed by atoms with Crippen LogP contribution in [0.5, 0.6) is 11.5 Å². The molecule has 3 rings (SSSR count). The SMILES string of the molecule is COc1cc(CNc2ncn[nH]2)cc(Br)c1OCc1ccc(Cl)cc1Cl. The molecule has 0 bridgehead atoms. The number of H-pyrrole nitrogens is 1. The van der Waals surface area contributed by atoms with E-state index in [-0.39, 0.29) is 0 Å². The van der Waals surface area contributed by atoms with E-state index in [0.29, 0.717) is 40.6 Å². The van der Waals surface area contributed by atoms with E-state index in [1.165, 1.54) is 6.33 Å². The van der Waals surface area contributed by atoms with Crippen LogP contribution in [-0.4, -0.2) is 22.3 Å². The van der Waals surface area contributed by atoms with Gasteiger partial charge in [0.25, 0.3) is 0 Å². The number of aromatic nitrogens is 3. The third-order valence-electron chi connectivity index (χ3n) is 3.55. The van der Waals surface area contributed by atoms with Crippen LogP contribution < -0.4 is 14.8 Å². The highest BCUT2D eigenvalue weighted by Crippen LogP contribution is 2.37. The Morgan fingerprint density at radius 1 is 1.23 bits per heavy atom. The summed E-state index contributed by atoms with van der Waals surface area (Å²) in [5.74, 6) is 1.80. The maximum Gasteiger partial charge on any atom is 0.218 e. The van der Waals surface area contributed by atoms with Gasteiger partial charge in [0.05, 0.1) is 11.6 Å². The molecule has 0 saturated carbocycles. The molecule has 2 aromatic carbocycles. The number of halogens is 3. The average molecular weight is 458 g/mol. The van der Waals surface area contributed by atoms with E-state index < -0.39 is 0 Å². The van der Waals surface area contributed by atoms with E-state index in [9.17, 15) is 0 Å². The van der Waals surface area contributed by atoms with Gasteiger partial charge in [-0.3, -0.25) is 0 Å². The second kappa shape index (κ2) is 8.62. The van der Waals surface area contributed by atoms with Crippen molar-refractivity contribution in [2.75, 3.05) is 12.4 Å². The largest absolute Gasteiger partial charge is 0.493 e. The van der Waals surface area contributed by atoms with Gasteiger partial charge in [-0.2, -0.15) is 5.10 Å². The molecule has 0 aliphatic heterocycles.